The molecule has 0 fully saturated rings. The largest absolute Gasteiger partial charge is 0.284 e. The first-order valence-electron chi connectivity index (χ1n) is 12.1. The van der Waals surface area contributed by atoms with Crippen LogP contribution in [0.15, 0.2) is 133 Å². The number of aryl methyl sites for hydroxylation is 1. The van der Waals surface area contributed by atoms with Crippen LogP contribution in [-0.2, 0) is 0 Å². The Labute approximate surface area is 211 Å². The number of fused-ring (bicyclic) bond motifs is 1. The Morgan fingerprint density at radius 1 is 0.611 bits per heavy atom. The highest BCUT2D eigenvalue weighted by atomic mass is 15.1. The summed E-state index contributed by atoms with van der Waals surface area (Å²) in [6.07, 6.45) is 4.06. The van der Waals surface area contributed by atoms with Crippen LogP contribution < -0.4 is 0 Å². The van der Waals surface area contributed by atoms with Crippen LogP contribution in [-0.4, -0.2) is 15.6 Å². The molecular formula is C33H25N3. The number of benzene rings is 4. The van der Waals surface area contributed by atoms with Gasteiger partial charge in [-0.1, -0.05) is 115 Å². The van der Waals surface area contributed by atoms with E-state index in [4.69, 9.17) is 9.98 Å². The van der Waals surface area contributed by atoms with Gasteiger partial charge in [0.1, 0.15) is 11.3 Å². The third-order valence-corrected chi connectivity index (χ3v) is 6.38. The molecule has 36 heavy (non-hydrogen) atoms. The first kappa shape index (κ1) is 21.8. The van der Waals surface area contributed by atoms with E-state index >= 15 is 0 Å². The van der Waals surface area contributed by atoms with E-state index in [1.54, 1.807) is 0 Å². The van der Waals surface area contributed by atoms with Gasteiger partial charge >= 0.3 is 0 Å². The van der Waals surface area contributed by atoms with Gasteiger partial charge in [-0.05, 0) is 40.8 Å². The summed E-state index contributed by atoms with van der Waals surface area (Å²) in [6, 6.07) is 41.8. The summed E-state index contributed by atoms with van der Waals surface area (Å²) in [5.41, 5.74) is 9.65. The minimum absolute atomic E-state index is 0.819. The highest BCUT2D eigenvalue weighted by Gasteiger charge is 2.17. The molecule has 0 radical (unpaired) electrons. The average Bonchev–Trinajstić information content (AvgIpc) is 3.30. The summed E-state index contributed by atoms with van der Waals surface area (Å²) in [6.45, 7) is 2.09. The van der Waals surface area contributed by atoms with Gasteiger partial charge in [0, 0.05) is 23.5 Å². The monoisotopic (exact) mass is 463 g/mol. The van der Waals surface area contributed by atoms with Crippen LogP contribution in [0, 0.1) is 6.92 Å². The minimum atomic E-state index is 0.819. The van der Waals surface area contributed by atoms with E-state index in [0.29, 0.717) is 0 Å². The second-order valence-electron chi connectivity index (χ2n) is 8.84. The summed E-state index contributed by atoms with van der Waals surface area (Å²) >= 11 is 0. The Kier molecular flexibility index (Phi) is 5.72. The number of hydrogen-bond acceptors (Lipinski definition) is 2. The highest BCUT2D eigenvalue weighted by molar-refractivity contribution is 5.94. The Morgan fingerprint density at radius 2 is 1.19 bits per heavy atom. The standard InChI is InChI=1S/C33H25N3/c1-24-20-21-31-35-32(30-19-11-10-18-29(30)26-14-6-3-7-15-26)33(36(31)23-24)34-22-27-16-8-9-17-28(27)25-12-4-2-5-13-25/h2-23H,1H3/b34-22+. The van der Waals surface area contributed by atoms with Crippen molar-refractivity contribution in [3.8, 4) is 33.5 Å². The Hall–Kier alpha value is -4.76. The lowest BCUT2D eigenvalue weighted by molar-refractivity contribution is 1.14. The molecule has 0 spiro atoms. The van der Waals surface area contributed by atoms with Crippen molar-refractivity contribution in [1.29, 1.82) is 0 Å². The molecule has 6 rings (SSSR count). The van der Waals surface area contributed by atoms with Gasteiger partial charge in [-0.2, -0.15) is 0 Å². The highest BCUT2D eigenvalue weighted by Crippen LogP contribution is 2.37. The molecule has 0 unspecified atom stereocenters. The Morgan fingerprint density at radius 3 is 1.92 bits per heavy atom. The molecule has 0 aliphatic heterocycles. The lowest BCUT2D eigenvalue weighted by Crippen LogP contribution is -1.90. The average molecular weight is 464 g/mol. The minimum Gasteiger partial charge on any atom is -0.284 e. The second kappa shape index (κ2) is 9.47. The molecular weight excluding hydrogens is 438 g/mol. The van der Waals surface area contributed by atoms with Gasteiger partial charge in [0.2, 0.25) is 0 Å². The molecule has 0 amide bonds. The van der Waals surface area contributed by atoms with Crippen molar-refractivity contribution in [3.63, 3.8) is 0 Å². The molecule has 0 saturated heterocycles. The molecule has 0 aliphatic rings. The maximum atomic E-state index is 5.08. The molecule has 0 bridgehead atoms. The fourth-order valence-electron chi connectivity index (χ4n) is 4.62. The van der Waals surface area contributed by atoms with E-state index in [1.807, 2.05) is 18.3 Å². The quantitative estimate of drug-likeness (QED) is 0.236. The molecule has 0 saturated carbocycles. The topological polar surface area (TPSA) is 29.7 Å². The predicted octanol–water partition coefficient (Wildman–Crippen LogP) is 8.39. The summed E-state index contributed by atoms with van der Waals surface area (Å²) < 4.78 is 2.09. The van der Waals surface area contributed by atoms with E-state index in [1.165, 1.54) is 5.56 Å². The zero-order valence-electron chi connectivity index (χ0n) is 20.0. The van der Waals surface area contributed by atoms with E-state index < -0.39 is 0 Å². The van der Waals surface area contributed by atoms with Crippen molar-refractivity contribution in [1.82, 2.24) is 9.38 Å². The van der Waals surface area contributed by atoms with Crippen molar-refractivity contribution in [3.05, 3.63) is 139 Å². The van der Waals surface area contributed by atoms with Crippen LogP contribution in [0.2, 0.25) is 0 Å². The molecule has 2 aromatic heterocycles. The first-order valence-corrected chi connectivity index (χ1v) is 12.1. The normalized spacial score (nSPS) is 11.4. The summed E-state index contributed by atoms with van der Waals surface area (Å²) in [5.74, 6) is 0.819. The SMILES string of the molecule is Cc1ccc2nc(-c3ccccc3-c3ccccc3)c(/N=C/c3ccccc3-c3ccccc3)n2c1. The fourth-order valence-corrected chi connectivity index (χ4v) is 4.62. The number of hydrogen-bond donors (Lipinski definition) is 0. The van der Waals surface area contributed by atoms with Crippen LogP contribution in [0.3, 0.4) is 0 Å². The Balaban J connectivity index is 1.54. The van der Waals surface area contributed by atoms with E-state index in [-0.39, 0.29) is 0 Å². The summed E-state index contributed by atoms with van der Waals surface area (Å²) in [7, 11) is 0. The van der Waals surface area contributed by atoms with Crippen LogP contribution in [0.5, 0.6) is 0 Å². The smallest absolute Gasteiger partial charge is 0.165 e. The molecule has 2 heterocycles. The number of imidazole rings is 1. The van der Waals surface area contributed by atoms with Crippen LogP contribution in [0.25, 0.3) is 39.2 Å². The van der Waals surface area contributed by atoms with Crippen molar-refractivity contribution < 1.29 is 0 Å². The number of aliphatic imine (C=N–C) groups is 1. The van der Waals surface area contributed by atoms with Crippen molar-refractivity contribution >= 4 is 17.7 Å². The van der Waals surface area contributed by atoms with Gasteiger partial charge in [-0.15, -0.1) is 0 Å². The van der Waals surface area contributed by atoms with Crippen molar-refractivity contribution in [2.45, 2.75) is 6.92 Å². The van der Waals surface area contributed by atoms with Crippen molar-refractivity contribution in [2.75, 3.05) is 0 Å². The molecule has 0 aliphatic carbocycles. The number of aromatic nitrogens is 2. The van der Waals surface area contributed by atoms with Gasteiger partial charge in [0.05, 0.1) is 0 Å². The van der Waals surface area contributed by atoms with Gasteiger partial charge in [0.15, 0.2) is 5.82 Å². The van der Waals surface area contributed by atoms with Gasteiger partial charge < -0.3 is 0 Å². The van der Waals surface area contributed by atoms with E-state index in [0.717, 1.165) is 50.5 Å². The summed E-state index contributed by atoms with van der Waals surface area (Å²) in [5, 5.41) is 0. The van der Waals surface area contributed by atoms with E-state index in [2.05, 4.69) is 127 Å². The number of nitrogens with zero attached hydrogens (tertiary/aromatic N) is 3. The van der Waals surface area contributed by atoms with Crippen molar-refractivity contribution in [2.24, 2.45) is 4.99 Å². The zero-order chi connectivity index (χ0) is 24.3. The fraction of sp³-hybridized carbons (Fsp3) is 0.0303. The first-order chi connectivity index (χ1) is 17.8. The number of pyridine rings is 1. The zero-order valence-corrected chi connectivity index (χ0v) is 20.0. The van der Waals surface area contributed by atoms with Gasteiger partial charge in [0.25, 0.3) is 0 Å². The molecule has 3 heteroatoms. The second-order valence-corrected chi connectivity index (χ2v) is 8.84. The lowest BCUT2D eigenvalue weighted by Gasteiger charge is -2.09. The number of rotatable bonds is 5. The molecule has 6 aromatic rings. The molecule has 0 N–H and O–H groups in total. The summed E-state index contributed by atoms with van der Waals surface area (Å²) in [4.78, 5) is 10.1. The predicted molar refractivity (Wildman–Crippen MR) is 150 cm³/mol. The molecule has 4 aromatic carbocycles. The maximum Gasteiger partial charge on any atom is 0.165 e. The lowest BCUT2D eigenvalue weighted by atomic mass is 9.97. The Bertz CT molecular complexity index is 1680. The van der Waals surface area contributed by atoms with E-state index in [9.17, 15) is 0 Å². The third kappa shape index (κ3) is 4.12. The molecule has 3 nitrogen and oxygen atoms in total. The molecule has 172 valence electrons. The maximum absolute atomic E-state index is 5.08. The van der Waals surface area contributed by atoms with Crippen LogP contribution in [0.4, 0.5) is 5.82 Å². The van der Waals surface area contributed by atoms with Crippen LogP contribution >= 0.6 is 0 Å². The van der Waals surface area contributed by atoms with Crippen LogP contribution in [0.1, 0.15) is 11.1 Å². The third-order valence-electron chi connectivity index (χ3n) is 6.38. The molecule has 0 atom stereocenters. The van der Waals surface area contributed by atoms with Gasteiger partial charge in [-0.3, -0.25) is 4.40 Å². The van der Waals surface area contributed by atoms with Gasteiger partial charge in [-0.25, -0.2) is 9.98 Å².